The predicted molar refractivity (Wildman–Crippen MR) is 68.0 cm³/mol. The molecule has 0 aromatic heterocycles. The quantitative estimate of drug-likeness (QED) is 0.802. The molecule has 1 aromatic rings. The monoisotopic (exact) mass is 300 g/mol. The van der Waals surface area contributed by atoms with Gasteiger partial charge in [-0.1, -0.05) is 22.0 Å². The van der Waals surface area contributed by atoms with Gasteiger partial charge in [-0.3, -0.25) is 0 Å². The summed E-state index contributed by atoms with van der Waals surface area (Å²) in [5, 5.41) is 13.8. The van der Waals surface area contributed by atoms with E-state index in [4.69, 9.17) is 5.11 Å². The molecule has 0 radical (unpaired) electrons. The molecule has 0 saturated carbocycles. The molecule has 0 heterocycles. The fraction of sp³-hybridized carbons (Fsp3) is 0.273. The Kier molecular flexibility index (Phi) is 4.11. The molecule has 1 rings (SSSR count). The maximum Gasteiger partial charge on any atom is 0.328 e. The van der Waals surface area contributed by atoms with Crippen molar-refractivity contribution >= 4 is 33.6 Å². The normalized spacial score (nSPS) is 10.8. The van der Waals surface area contributed by atoms with E-state index in [0.29, 0.717) is 5.69 Å². The lowest BCUT2D eigenvalue weighted by atomic mass is 10.1. The van der Waals surface area contributed by atoms with Crippen LogP contribution in [0.15, 0.2) is 28.7 Å². The minimum atomic E-state index is -1.31. The molecule has 3 N–H and O–H groups in total. The molecule has 0 saturated heterocycles. The van der Waals surface area contributed by atoms with Crippen LogP contribution in [0.2, 0.25) is 0 Å². The Bertz CT molecular complexity index is 446. The lowest BCUT2D eigenvalue weighted by Crippen LogP contribution is -2.51. The van der Waals surface area contributed by atoms with Gasteiger partial charge in [0.15, 0.2) is 0 Å². The Morgan fingerprint density at radius 2 is 2.00 bits per heavy atom. The number of carboxylic acid groups (broad SMARTS) is 1. The topological polar surface area (TPSA) is 78.4 Å². The van der Waals surface area contributed by atoms with Gasteiger partial charge in [0, 0.05) is 10.2 Å². The number of aliphatic carboxylic acids is 1. The van der Waals surface area contributed by atoms with Gasteiger partial charge in [0.2, 0.25) is 0 Å². The van der Waals surface area contributed by atoms with Gasteiger partial charge in [0.25, 0.3) is 0 Å². The van der Waals surface area contributed by atoms with E-state index in [1.54, 1.807) is 18.2 Å². The van der Waals surface area contributed by atoms with Gasteiger partial charge in [-0.25, -0.2) is 9.59 Å². The van der Waals surface area contributed by atoms with Crippen LogP contribution >= 0.6 is 15.9 Å². The second kappa shape index (κ2) is 5.18. The van der Waals surface area contributed by atoms with Crippen molar-refractivity contribution in [3.63, 3.8) is 0 Å². The van der Waals surface area contributed by atoms with E-state index in [2.05, 4.69) is 26.6 Å². The van der Waals surface area contributed by atoms with Crippen molar-refractivity contribution < 1.29 is 14.7 Å². The van der Waals surface area contributed by atoms with Crippen LogP contribution in [0.4, 0.5) is 10.5 Å². The molecule has 5 nitrogen and oxygen atoms in total. The van der Waals surface area contributed by atoms with E-state index in [0.717, 1.165) is 4.47 Å². The number of carboxylic acids is 1. The second-order valence-corrected chi connectivity index (χ2v) is 4.94. The third kappa shape index (κ3) is 4.07. The third-order valence-electron chi connectivity index (χ3n) is 2.04. The smallest absolute Gasteiger partial charge is 0.328 e. The van der Waals surface area contributed by atoms with Crippen molar-refractivity contribution in [2.45, 2.75) is 19.4 Å². The number of anilines is 1. The number of hydrogen-bond acceptors (Lipinski definition) is 2. The van der Waals surface area contributed by atoms with Crippen LogP contribution in [0.5, 0.6) is 0 Å². The largest absolute Gasteiger partial charge is 0.480 e. The number of nitrogens with one attached hydrogen (secondary N) is 2. The van der Waals surface area contributed by atoms with Crippen LogP contribution in [0, 0.1) is 0 Å². The van der Waals surface area contributed by atoms with Crippen molar-refractivity contribution in [3.05, 3.63) is 28.7 Å². The number of rotatable bonds is 3. The van der Waals surface area contributed by atoms with E-state index in [-0.39, 0.29) is 0 Å². The van der Waals surface area contributed by atoms with E-state index >= 15 is 0 Å². The van der Waals surface area contributed by atoms with Crippen molar-refractivity contribution in [1.29, 1.82) is 0 Å². The fourth-order valence-corrected chi connectivity index (χ4v) is 1.47. The molecule has 0 fully saturated rings. The Morgan fingerprint density at radius 1 is 1.35 bits per heavy atom. The molecule has 1 aromatic carbocycles. The van der Waals surface area contributed by atoms with Crippen LogP contribution in [-0.2, 0) is 4.79 Å². The highest BCUT2D eigenvalue weighted by atomic mass is 79.9. The van der Waals surface area contributed by atoms with Gasteiger partial charge in [0.05, 0.1) is 0 Å². The molecule has 0 spiro atoms. The highest BCUT2D eigenvalue weighted by molar-refractivity contribution is 9.10. The molecular formula is C11H13BrN2O3. The predicted octanol–water partition coefficient (Wildman–Crippen LogP) is 2.43. The zero-order valence-electron chi connectivity index (χ0n) is 9.45. The zero-order chi connectivity index (χ0) is 13.1. The summed E-state index contributed by atoms with van der Waals surface area (Å²) in [5.74, 6) is -1.10. The van der Waals surface area contributed by atoms with Gasteiger partial charge in [-0.15, -0.1) is 0 Å². The molecule has 0 aliphatic rings. The Balaban J connectivity index is 2.65. The Hall–Kier alpha value is -1.56. The van der Waals surface area contributed by atoms with E-state index in [1.807, 2.05) is 6.07 Å². The molecule has 0 aliphatic carbocycles. The maximum atomic E-state index is 11.5. The summed E-state index contributed by atoms with van der Waals surface area (Å²) < 4.78 is 0.827. The van der Waals surface area contributed by atoms with E-state index in [1.165, 1.54) is 13.8 Å². The van der Waals surface area contributed by atoms with Crippen molar-refractivity contribution in [3.8, 4) is 0 Å². The van der Waals surface area contributed by atoms with Gasteiger partial charge in [0.1, 0.15) is 5.54 Å². The lowest BCUT2D eigenvalue weighted by Gasteiger charge is -2.21. The summed E-state index contributed by atoms with van der Waals surface area (Å²) in [6, 6.07) is 6.45. The molecule has 0 bridgehead atoms. The molecular weight excluding hydrogens is 288 g/mol. The van der Waals surface area contributed by atoms with E-state index < -0.39 is 17.5 Å². The van der Waals surface area contributed by atoms with Crippen LogP contribution in [0.1, 0.15) is 13.8 Å². The van der Waals surface area contributed by atoms with Crippen molar-refractivity contribution in [2.75, 3.05) is 5.32 Å². The molecule has 2 amide bonds. The molecule has 0 unspecified atom stereocenters. The number of urea groups is 1. The lowest BCUT2D eigenvalue weighted by molar-refractivity contribution is -0.142. The average molecular weight is 301 g/mol. The van der Waals surface area contributed by atoms with Crippen LogP contribution in [0.3, 0.4) is 0 Å². The summed E-state index contributed by atoms with van der Waals surface area (Å²) in [7, 11) is 0. The standard InChI is InChI=1S/C11H13BrN2O3/c1-11(2,9(15)16)14-10(17)13-8-5-3-4-7(12)6-8/h3-6H,1-2H3,(H,15,16)(H2,13,14,17). The minimum absolute atomic E-state index is 0.560. The number of carbonyl (C=O) groups is 2. The Labute approximate surface area is 107 Å². The van der Waals surface area contributed by atoms with Gasteiger partial charge in [-0.05, 0) is 32.0 Å². The first kappa shape index (κ1) is 13.5. The fourth-order valence-electron chi connectivity index (χ4n) is 1.07. The van der Waals surface area contributed by atoms with Crippen molar-refractivity contribution in [1.82, 2.24) is 5.32 Å². The number of halogens is 1. The average Bonchev–Trinajstić information content (AvgIpc) is 2.15. The summed E-state index contributed by atoms with van der Waals surface area (Å²) in [5.41, 5.74) is -0.728. The highest BCUT2D eigenvalue weighted by Gasteiger charge is 2.28. The van der Waals surface area contributed by atoms with Gasteiger partial charge < -0.3 is 15.7 Å². The van der Waals surface area contributed by atoms with Crippen LogP contribution < -0.4 is 10.6 Å². The van der Waals surface area contributed by atoms with Crippen molar-refractivity contribution in [2.24, 2.45) is 0 Å². The third-order valence-corrected chi connectivity index (χ3v) is 2.54. The number of amides is 2. The second-order valence-electron chi connectivity index (χ2n) is 4.02. The molecule has 0 atom stereocenters. The molecule has 0 aliphatic heterocycles. The van der Waals surface area contributed by atoms with Gasteiger partial charge >= 0.3 is 12.0 Å². The van der Waals surface area contributed by atoms with Gasteiger partial charge in [-0.2, -0.15) is 0 Å². The van der Waals surface area contributed by atoms with E-state index in [9.17, 15) is 9.59 Å². The highest BCUT2D eigenvalue weighted by Crippen LogP contribution is 2.15. The zero-order valence-corrected chi connectivity index (χ0v) is 11.0. The molecule has 92 valence electrons. The number of benzene rings is 1. The summed E-state index contributed by atoms with van der Waals surface area (Å²) in [6.07, 6.45) is 0. The Morgan fingerprint density at radius 3 is 2.53 bits per heavy atom. The molecule has 6 heteroatoms. The first-order chi connectivity index (χ1) is 7.81. The number of hydrogen-bond donors (Lipinski definition) is 3. The number of carbonyl (C=O) groups excluding carboxylic acids is 1. The summed E-state index contributed by atoms with van der Waals surface area (Å²) in [6.45, 7) is 2.83. The SMILES string of the molecule is CC(C)(NC(=O)Nc1cccc(Br)c1)C(=O)O. The molecule has 17 heavy (non-hydrogen) atoms. The minimum Gasteiger partial charge on any atom is -0.480 e. The van der Waals surface area contributed by atoms with Crippen LogP contribution in [0.25, 0.3) is 0 Å². The maximum absolute atomic E-state index is 11.5. The van der Waals surface area contributed by atoms with Crippen LogP contribution in [-0.4, -0.2) is 22.6 Å². The first-order valence-corrected chi connectivity index (χ1v) is 5.69. The first-order valence-electron chi connectivity index (χ1n) is 4.89. The summed E-state index contributed by atoms with van der Waals surface area (Å²) in [4.78, 5) is 22.4. The summed E-state index contributed by atoms with van der Waals surface area (Å²) >= 11 is 3.27.